The molecule has 0 unspecified atom stereocenters. The molecule has 0 spiro atoms. The van der Waals surface area contributed by atoms with Gasteiger partial charge in [-0.05, 0) is 37.5 Å². The van der Waals surface area contributed by atoms with Crippen molar-refractivity contribution >= 4 is 22.8 Å². The van der Waals surface area contributed by atoms with Gasteiger partial charge >= 0.3 is 5.97 Å². The third kappa shape index (κ3) is 2.64. The van der Waals surface area contributed by atoms with Gasteiger partial charge in [0, 0.05) is 11.6 Å². The molecular formula is C16H15FN2O3. The maximum absolute atomic E-state index is 13.7. The summed E-state index contributed by atoms with van der Waals surface area (Å²) in [7, 11) is 0. The van der Waals surface area contributed by atoms with Crippen LogP contribution in [0.4, 0.5) is 4.39 Å². The zero-order valence-electron chi connectivity index (χ0n) is 11.8. The summed E-state index contributed by atoms with van der Waals surface area (Å²) in [6.07, 6.45) is 3.51. The zero-order valence-corrected chi connectivity index (χ0v) is 11.8. The fourth-order valence-electron chi connectivity index (χ4n) is 2.88. The summed E-state index contributed by atoms with van der Waals surface area (Å²) in [4.78, 5) is 27.6. The molecule has 1 aliphatic rings. The maximum Gasteiger partial charge on any atom is 0.305 e. The van der Waals surface area contributed by atoms with E-state index < -0.39 is 23.2 Å². The summed E-state index contributed by atoms with van der Waals surface area (Å²) >= 11 is 0. The van der Waals surface area contributed by atoms with Crippen LogP contribution in [0.25, 0.3) is 10.9 Å². The molecule has 1 amide bonds. The number of carboxylic acids is 1. The number of aliphatic carboxylic acids is 1. The minimum atomic E-state index is -0.956. The Kier molecular flexibility index (Phi) is 3.52. The lowest BCUT2D eigenvalue weighted by molar-refractivity contribution is -0.139. The number of nitrogens with one attached hydrogen (secondary N) is 1. The van der Waals surface area contributed by atoms with E-state index in [4.69, 9.17) is 5.11 Å². The van der Waals surface area contributed by atoms with Gasteiger partial charge in [0.2, 0.25) is 0 Å². The van der Waals surface area contributed by atoms with Crippen molar-refractivity contribution in [2.24, 2.45) is 0 Å². The third-order valence-corrected chi connectivity index (χ3v) is 4.09. The predicted octanol–water partition coefficient (Wildman–Crippen LogP) is 2.50. The fraction of sp³-hybridized carbons (Fsp3) is 0.312. The molecule has 0 radical (unpaired) electrons. The van der Waals surface area contributed by atoms with Crippen LogP contribution < -0.4 is 5.32 Å². The molecule has 1 aliphatic carbocycles. The Hall–Kier alpha value is -2.50. The maximum atomic E-state index is 13.7. The third-order valence-electron chi connectivity index (χ3n) is 4.09. The van der Waals surface area contributed by atoms with E-state index in [2.05, 4.69) is 10.3 Å². The highest BCUT2D eigenvalue weighted by Crippen LogP contribution is 2.35. The van der Waals surface area contributed by atoms with E-state index in [1.165, 1.54) is 12.3 Å². The number of carbonyl (C=O) groups excluding carboxylic acids is 1. The minimum Gasteiger partial charge on any atom is -0.481 e. The zero-order chi connectivity index (χ0) is 15.7. The molecule has 1 aromatic heterocycles. The average molecular weight is 302 g/mol. The van der Waals surface area contributed by atoms with Gasteiger partial charge in [-0.3, -0.25) is 14.6 Å². The second kappa shape index (κ2) is 5.36. The molecule has 1 saturated carbocycles. The minimum absolute atomic E-state index is 0.126. The first-order chi connectivity index (χ1) is 10.5. The number of rotatable bonds is 4. The molecule has 1 fully saturated rings. The van der Waals surface area contributed by atoms with Crippen LogP contribution in [0.1, 0.15) is 36.0 Å². The van der Waals surface area contributed by atoms with Crippen molar-refractivity contribution in [3.63, 3.8) is 0 Å². The molecule has 0 saturated heterocycles. The van der Waals surface area contributed by atoms with Crippen molar-refractivity contribution in [3.8, 4) is 0 Å². The highest BCUT2D eigenvalue weighted by atomic mass is 19.1. The summed E-state index contributed by atoms with van der Waals surface area (Å²) in [5.41, 5.74) is -0.186. The molecule has 6 heteroatoms. The number of fused-ring (bicyclic) bond motifs is 1. The van der Waals surface area contributed by atoms with E-state index >= 15 is 0 Å². The lowest BCUT2D eigenvalue weighted by Crippen LogP contribution is -2.54. The van der Waals surface area contributed by atoms with Crippen LogP contribution in [-0.4, -0.2) is 27.5 Å². The summed E-state index contributed by atoms with van der Waals surface area (Å²) < 4.78 is 13.7. The van der Waals surface area contributed by atoms with Gasteiger partial charge in [-0.2, -0.15) is 0 Å². The van der Waals surface area contributed by atoms with Gasteiger partial charge in [0.1, 0.15) is 5.82 Å². The summed E-state index contributed by atoms with van der Waals surface area (Å²) in [5, 5.41) is 12.3. The summed E-state index contributed by atoms with van der Waals surface area (Å²) in [6.45, 7) is 0. The lowest BCUT2D eigenvalue weighted by atomic mass is 9.74. The predicted molar refractivity (Wildman–Crippen MR) is 78.0 cm³/mol. The molecule has 5 nitrogen and oxygen atoms in total. The Bertz CT molecular complexity index is 756. The molecule has 22 heavy (non-hydrogen) atoms. The molecule has 2 aromatic rings. The van der Waals surface area contributed by atoms with Crippen LogP contribution >= 0.6 is 0 Å². The van der Waals surface area contributed by atoms with Crippen molar-refractivity contribution in [3.05, 3.63) is 41.8 Å². The van der Waals surface area contributed by atoms with Gasteiger partial charge in [0.15, 0.2) is 0 Å². The molecule has 0 atom stereocenters. The highest BCUT2D eigenvalue weighted by molar-refractivity contribution is 6.05. The number of nitrogens with zero attached hydrogens (tertiary/aromatic N) is 1. The van der Waals surface area contributed by atoms with Crippen LogP contribution in [0.3, 0.4) is 0 Å². The van der Waals surface area contributed by atoms with Crippen molar-refractivity contribution in [2.45, 2.75) is 31.2 Å². The van der Waals surface area contributed by atoms with Crippen LogP contribution in [0.5, 0.6) is 0 Å². The van der Waals surface area contributed by atoms with Crippen molar-refractivity contribution < 1.29 is 19.1 Å². The number of aromatic nitrogens is 1. The Morgan fingerprint density at radius 3 is 2.77 bits per heavy atom. The number of benzene rings is 1. The van der Waals surface area contributed by atoms with E-state index in [1.807, 2.05) is 0 Å². The monoisotopic (exact) mass is 302 g/mol. The van der Waals surface area contributed by atoms with E-state index in [0.29, 0.717) is 23.7 Å². The fourth-order valence-corrected chi connectivity index (χ4v) is 2.88. The van der Waals surface area contributed by atoms with Crippen LogP contribution in [0.15, 0.2) is 30.5 Å². The van der Waals surface area contributed by atoms with Gasteiger partial charge in [-0.15, -0.1) is 0 Å². The number of halogens is 1. The lowest BCUT2D eigenvalue weighted by Gasteiger charge is -2.41. The van der Waals surface area contributed by atoms with E-state index in [9.17, 15) is 14.0 Å². The van der Waals surface area contributed by atoms with Crippen LogP contribution in [0, 0.1) is 5.82 Å². The quantitative estimate of drug-likeness (QED) is 0.909. The second-order valence-corrected chi connectivity index (χ2v) is 5.69. The Balaban J connectivity index is 1.94. The molecule has 1 aromatic carbocycles. The van der Waals surface area contributed by atoms with Crippen molar-refractivity contribution in [1.82, 2.24) is 10.3 Å². The van der Waals surface area contributed by atoms with Gasteiger partial charge in [-0.1, -0.05) is 6.07 Å². The standard InChI is InChI=1S/C16H15FN2O3/c17-11-7-10-3-1-6-18-14(10)12(8-11)15(22)19-16(4-2-5-16)9-13(20)21/h1,3,6-8H,2,4-5,9H2,(H,19,22)(H,20,21). The largest absolute Gasteiger partial charge is 0.481 e. The Labute approximate surface area is 126 Å². The molecule has 3 rings (SSSR count). The first-order valence-corrected chi connectivity index (χ1v) is 7.08. The van der Waals surface area contributed by atoms with Crippen LogP contribution in [0.2, 0.25) is 0 Å². The molecule has 1 heterocycles. The van der Waals surface area contributed by atoms with Crippen LogP contribution in [-0.2, 0) is 4.79 Å². The molecule has 114 valence electrons. The van der Waals surface area contributed by atoms with Gasteiger partial charge in [0.25, 0.3) is 5.91 Å². The number of amides is 1. The highest BCUT2D eigenvalue weighted by Gasteiger charge is 2.40. The van der Waals surface area contributed by atoms with Gasteiger partial charge < -0.3 is 10.4 Å². The van der Waals surface area contributed by atoms with E-state index in [0.717, 1.165) is 12.5 Å². The SMILES string of the molecule is O=C(O)CC1(NC(=O)c2cc(F)cc3cccnc23)CCC1. The smallest absolute Gasteiger partial charge is 0.305 e. The van der Waals surface area contributed by atoms with Crippen molar-refractivity contribution in [2.75, 3.05) is 0 Å². The topological polar surface area (TPSA) is 79.3 Å². The second-order valence-electron chi connectivity index (χ2n) is 5.69. The van der Waals surface area contributed by atoms with Crippen molar-refractivity contribution in [1.29, 1.82) is 0 Å². The molecule has 2 N–H and O–H groups in total. The van der Waals surface area contributed by atoms with Gasteiger partial charge in [0.05, 0.1) is 23.0 Å². The number of hydrogen-bond donors (Lipinski definition) is 2. The molecule has 0 aliphatic heterocycles. The van der Waals surface area contributed by atoms with Gasteiger partial charge in [-0.25, -0.2) is 4.39 Å². The summed E-state index contributed by atoms with van der Waals surface area (Å²) in [6, 6.07) is 5.80. The Morgan fingerprint density at radius 2 is 2.14 bits per heavy atom. The normalized spacial score (nSPS) is 16.0. The first-order valence-electron chi connectivity index (χ1n) is 7.08. The number of carboxylic acid groups (broad SMARTS) is 1. The number of hydrogen-bond acceptors (Lipinski definition) is 3. The van der Waals surface area contributed by atoms with E-state index in [-0.39, 0.29) is 12.0 Å². The van der Waals surface area contributed by atoms with E-state index in [1.54, 1.807) is 12.1 Å². The molecule has 0 bridgehead atoms. The Morgan fingerprint density at radius 1 is 1.36 bits per heavy atom. The number of carbonyl (C=O) groups is 2. The summed E-state index contributed by atoms with van der Waals surface area (Å²) in [5.74, 6) is -1.96. The molecular weight excluding hydrogens is 287 g/mol. The number of pyridine rings is 1. The average Bonchev–Trinajstić information content (AvgIpc) is 2.43. The first kappa shape index (κ1) is 14.4.